The molecule has 0 saturated carbocycles. The normalized spacial score (nSPS) is 18.1. The molecule has 1 aliphatic heterocycles. The van der Waals surface area contributed by atoms with Crippen LogP contribution < -0.4 is 5.32 Å². The van der Waals surface area contributed by atoms with E-state index in [-0.39, 0.29) is 6.04 Å². The van der Waals surface area contributed by atoms with Crippen LogP contribution in [0.1, 0.15) is 30.8 Å². The summed E-state index contributed by atoms with van der Waals surface area (Å²) in [5.74, 6) is -0.736. The summed E-state index contributed by atoms with van der Waals surface area (Å²) < 4.78 is 28.5. The molecule has 7 heteroatoms. The number of aryl methyl sites for hydroxylation is 1. The molecule has 0 fully saturated rings. The Balaban J connectivity index is 1.88. The van der Waals surface area contributed by atoms with Crippen LogP contribution in [0, 0.1) is 11.6 Å². The van der Waals surface area contributed by atoms with Crippen molar-refractivity contribution in [1.82, 2.24) is 9.55 Å². The second-order valence-electron chi connectivity index (χ2n) is 5.37. The average molecular weight is 307 g/mol. The fraction of sp³-hybridized carbons (Fsp3) is 0.333. The van der Waals surface area contributed by atoms with Gasteiger partial charge in [0.05, 0.1) is 6.04 Å². The highest BCUT2D eigenvalue weighted by Gasteiger charge is 2.26. The minimum atomic E-state index is -1.13. The number of carbonyl (C=O) groups is 1. The van der Waals surface area contributed by atoms with Crippen LogP contribution in [0.2, 0.25) is 0 Å². The Morgan fingerprint density at radius 2 is 2.09 bits per heavy atom. The Hall–Kier alpha value is -2.28. The van der Waals surface area contributed by atoms with Crippen molar-refractivity contribution >= 4 is 11.7 Å². The number of benzene rings is 1. The number of nitrogens with one attached hydrogen (secondary N) is 1. The van der Waals surface area contributed by atoms with Gasteiger partial charge in [-0.15, -0.1) is 0 Å². The minimum absolute atomic E-state index is 0.218. The molecule has 2 N–H and O–H groups in total. The lowest BCUT2D eigenvalue weighted by atomic mass is 10.0. The van der Waals surface area contributed by atoms with Crippen molar-refractivity contribution in [2.24, 2.45) is 0 Å². The molecule has 1 aromatic carbocycles. The Bertz CT molecular complexity index is 707. The topological polar surface area (TPSA) is 67.2 Å². The van der Waals surface area contributed by atoms with Gasteiger partial charge in [0.25, 0.3) is 5.91 Å². The number of carbonyl (C=O) groups excluding carboxylic acids is 1. The van der Waals surface area contributed by atoms with E-state index in [1.54, 1.807) is 10.8 Å². The zero-order chi connectivity index (χ0) is 15.9. The molecule has 22 heavy (non-hydrogen) atoms. The largest absolute Gasteiger partial charge is 0.384 e. The molecule has 1 aliphatic rings. The number of aromatic nitrogens is 2. The second kappa shape index (κ2) is 5.49. The van der Waals surface area contributed by atoms with Crippen molar-refractivity contribution in [3.63, 3.8) is 0 Å². The minimum Gasteiger partial charge on any atom is -0.384 e. The van der Waals surface area contributed by atoms with E-state index >= 15 is 0 Å². The van der Waals surface area contributed by atoms with Crippen LogP contribution in [-0.4, -0.2) is 26.7 Å². The maximum absolute atomic E-state index is 13.4. The molecule has 0 radical (unpaired) electrons. The van der Waals surface area contributed by atoms with Crippen LogP contribution in [0.3, 0.4) is 0 Å². The number of fused-ring (bicyclic) bond motifs is 1. The standard InChI is InChI=1S/C15H15F2N3O2/c1-8(21)15(22)19-13-7-20-12(2-3-14(20)18-13)9-4-10(16)6-11(17)5-9/h4-8,12,21H,2-3H2,1H3,(H,19,22). The first-order valence-corrected chi connectivity index (χ1v) is 6.96. The number of aliphatic hydroxyl groups excluding tert-OH is 1. The zero-order valence-electron chi connectivity index (χ0n) is 11.9. The number of hydrogen-bond donors (Lipinski definition) is 2. The molecular weight excluding hydrogens is 292 g/mol. The van der Waals surface area contributed by atoms with Crippen molar-refractivity contribution in [3.05, 3.63) is 47.4 Å². The summed E-state index contributed by atoms with van der Waals surface area (Å²) in [5.41, 5.74) is 0.530. The van der Waals surface area contributed by atoms with Crippen molar-refractivity contribution in [1.29, 1.82) is 0 Å². The molecule has 1 amide bonds. The molecule has 3 rings (SSSR count). The molecule has 2 atom stereocenters. The van der Waals surface area contributed by atoms with Crippen molar-refractivity contribution in [2.45, 2.75) is 31.9 Å². The third kappa shape index (κ3) is 2.71. The first-order valence-electron chi connectivity index (χ1n) is 6.96. The van der Waals surface area contributed by atoms with E-state index in [0.29, 0.717) is 24.2 Å². The molecule has 0 saturated heterocycles. The van der Waals surface area contributed by atoms with Gasteiger partial charge in [0.1, 0.15) is 23.6 Å². The van der Waals surface area contributed by atoms with Crippen molar-refractivity contribution < 1.29 is 18.7 Å². The van der Waals surface area contributed by atoms with Gasteiger partial charge in [0.2, 0.25) is 0 Å². The van der Waals surface area contributed by atoms with E-state index in [1.807, 2.05) is 0 Å². The third-order valence-corrected chi connectivity index (χ3v) is 3.69. The summed E-state index contributed by atoms with van der Waals surface area (Å²) >= 11 is 0. The summed E-state index contributed by atoms with van der Waals surface area (Å²) in [4.78, 5) is 15.7. The predicted octanol–water partition coefficient (Wildman–Crippen LogP) is 2.02. The van der Waals surface area contributed by atoms with Crippen LogP contribution >= 0.6 is 0 Å². The molecule has 5 nitrogen and oxygen atoms in total. The number of imidazole rings is 1. The maximum atomic E-state index is 13.4. The van der Waals surface area contributed by atoms with Crippen LogP contribution in [0.25, 0.3) is 0 Å². The number of aliphatic hydroxyl groups is 1. The lowest BCUT2D eigenvalue weighted by Gasteiger charge is -2.13. The van der Waals surface area contributed by atoms with Gasteiger partial charge in [-0.3, -0.25) is 4.79 Å². The molecular formula is C15H15F2N3O2. The van der Waals surface area contributed by atoms with Gasteiger partial charge in [-0.1, -0.05) is 0 Å². The number of rotatable bonds is 3. The number of nitrogens with zero attached hydrogens (tertiary/aromatic N) is 2. The number of anilines is 1. The van der Waals surface area contributed by atoms with Gasteiger partial charge < -0.3 is 15.0 Å². The summed E-state index contributed by atoms with van der Waals surface area (Å²) in [7, 11) is 0. The van der Waals surface area contributed by atoms with Gasteiger partial charge in [0.15, 0.2) is 5.82 Å². The Morgan fingerprint density at radius 3 is 2.73 bits per heavy atom. The van der Waals surface area contributed by atoms with Gasteiger partial charge in [-0.2, -0.15) is 0 Å². The predicted molar refractivity (Wildman–Crippen MR) is 75.4 cm³/mol. The van der Waals surface area contributed by atoms with Crippen molar-refractivity contribution in [3.8, 4) is 0 Å². The van der Waals surface area contributed by atoms with Crippen LogP contribution in [0.15, 0.2) is 24.4 Å². The molecule has 2 heterocycles. The van der Waals surface area contributed by atoms with Crippen LogP contribution in [0.4, 0.5) is 14.6 Å². The molecule has 0 bridgehead atoms. The lowest BCUT2D eigenvalue weighted by molar-refractivity contribution is -0.123. The number of amides is 1. The fourth-order valence-electron chi connectivity index (χ4n) is 2.68. The van der Waals surface area contributed by atoms with E-state index in [0.717, 1.165) is 11.9 Å². The van der Waals surface area contributed by atoms with E-state index in [9.17, 15) is 18.7 Å². The number of hydrogen-bond acceptors (Lipinski definition) is 3. The third-order valence-electron chi connectivity index (χ3n) is 3.69. The molecule has 2 unspecified atom stereocenters. The second-order valence-corrected chi connectivity index (χ2v) is 5.37. The van der Waals surface area contributed by atoms with Gasteiger partial charge in [-0.05, 0) is 31.0 Å². The lowest BCUT2D eigenvalue weighted by Crippen LogP contribution is -2.24. The quantitative estimate of drug-likeness (QED) is 0.911. The van der Waals surface area contributed by atoms with E-state index in [2.05, 4.69) is 10.3 Å². The van der Waals surface area contributed by atoms with Gasteiger partial charge >= 0.3 is 0 Å². The first kappa shape index (κ1) is 14.6. The summed E-state index contributed by atoms with van der Waals surface area (Å²) in [6.45, 7) is 1.36. The number of halogens is 2. The maximum Gasteiger partial charge on any atom is 0.254 e. The SMILES string of the molecule is CC(O)C(=O)Nc1cn2c(n1)CCC2c1cc(F)cc(F)c1. The molecule has 0 aliphatic carbocycles. The average Bonchev–Trinajstić information content (AvgIpc) is 2.96. The molecule has 1 aromatic heterocycles. The highest BCUT2D eigenvalue weighted by atomic mass is 19.1. The van der Waals surface area contributed by atoms with Crippen molar-refractivity contribution in [2.75, 3.05) is 5.32 Å². The van der Waals surface area contributed by atoms with E-state index in [1.165, 1.54) is 19.1 Å². The van der Waals surface area contributed by atoms with Gasteiger partial charge in [0, 0.05) is 18.7 Å². The van der Waals surface area contributed by atoms with E-state index < -0.39 is 23.6 Å². The Morgan fingerprint density at radius 1 is 1.41 bits per heavy atom. The van der Waals surface area contributed by atoms with E-state index in [4.69, 9.17) is 0 Å². The molecule has 116 valence electrons. The smallest absolute Gasteiger partial charge is 0.254 e. The fourth-order valence-corrected chi connectivity index (χ4v) is 2.68. The first-order chi connectivity index (χ1) is 10.4. The molecule has 0 spiro atoms. The van der Waals surface area contributed by atoms with Crippen LogP contribution in [-0.2, 0) is 11.2 Å². The zero-order valence-corrected chi connectivity index (χ0v) is 11.9. The Kier molecular flexibility index (Phi) is 3.66. The van der Waals surface area contributed by atoms with Gasteiger partial charge in [-0.25, -0.2) is 13.8 Å². The summed E-state index contributed by atoms with van der Waals surface area (Å²) in [5, 5.41) is 11.7. The summed E-state index contributed by atoms with van der Waals surface area (Å²) in [6, 6.07) is 3.22. The monoisotopic (exact) mass is 307 g/mol. The molecule has 2 aromatic rings. The highest BCUT2D eigenvalue weighted by Crippen LogP contribution is 2.33. The van der Waals surface area contributed by atoms with Crippen LogP contribution in [0.5, 0.6) is 0 Å². The summed E-state index contributed by atoms with van der Waals surface area (Å²) in [6.07, 6.45) is 1.82. The highest BCUT2D eigenvalue weighted by molar-refractivity contribution is 5.92. The Labute approximate surface area is 125 Å².